The molecule has 2 rings (SSSR count). The molecule has 0 amide bonds. The minimum Gasteiger partial charge on any atom is -0.353 e. The Bertz CT molecular complexity index is 617. The summed E-state index contributed by atoms with van der Waals surface area (Å²) >= 11 is 21.1. The Kier molecular flexibility index (Phi) is 6.01. The van der Waals surface area contributed by atoms with Crippen molar-refractivity contribution in [3.63, 3.8) is 0 Å². The van der Waals surface area contributed by atoms with Gasteiger partial charge in [-0.1, -0.05) is 15.9 Å². The van der Waals surface area contributed by atoms with E-state index in [1.54, 1.807) is 0 Å². The van der Waals surface area contributed by atoms with E-state index in [0.717, 1.165) is 38.2 Å². The van der Waals surface area contributed by atoms with Crippen molar-refractivity contribution in [3.8, 4) is 0 Å². The Morgan fingerprint density at radius 1 is 0.579 bits per heavy atom. The van der Waals surface area contributed by atoms with Crippen LogP contribution in [0, 0.1) is 0 Å². The fourth-order valence-electron chi connectivity index (χ4n) is 1.41. The highest BCUT2D eigenvalue weighted by Gasteiger charge is 2.10. The lowest BCUT2D eigenvalue weighted by Gasteiger charge is -2.14. The van der Waals surface area contributed by atoms with Crippen molar-refractivity contribution in [1.82, 2.24) is 0 Å². The molecular formula is C12H5Br6N. The van der Waals surface area contributed by atoms with Gasteiger partial charge in [-0.05, 0) is 104 Å². The molecule has 0 bridgehead atoms. The van der Waals surface area contributed by atoms with Crippen LogP contribution in [0.5, 0.6) is 0 Å². The van der Waals surface area contributed by atoms with E-state index >= 15 is 0 Å². The van der Waals surface area contributed by atoms with Crippen LogP contribution in [0.2, 0.25) is 0 Å². The minimum absolute atomic E-state index is 0.970. The molecule has 1 N–H and O–H groups in total. The van der Waals surface area contributed by atoms with Gasteiger partial charge in [0.2, 0.25) is 0 Å². The molecule has 0 unspecified atom stereocenters. The van der Waals surface area contributed by atoms with E-state index in [1.165, 1.54) is 0 Å². The molecule has 2 aromatic rings. The van der Waals surface area contributed by atoms with E-state index in [-0.39, 0.29) is 0 Å². The van der Waals surface area contributed by atoms with E-state index in [1.807, 2.05) is 24.3 Å². The third-order valence-corrected chi connectivity index (χ3v) is 6.49. The standard InChI is InChI=1S/C12H5Br6N/c13-5-1-9(17)12(10(18)2-5)19-11-4-7(15)6(14)3-8(11)16/h1-4,19H. The van der Waals surface area contributed by atoms with Gasteiger partial charge in [-0.3, -0.25) is 0 Å². The summed E-state index contributed by atoms with van der Waals surface area (Å²) in [5, 5.41) is 3.39. The van der Waals surface area contributed by atoms with Crippen LogP contribution in [0.3, 0.4) is 0 Å². The number of anilines is 2. The zero-order valence-corrected chi connectivity index (χ0v) is 18.6. The normalized spacial score (nSPS) is 10.6. The van der Waals surface area contributed by atoms with Gasteiger partial charge in [0, 0.05) is 26.8 Å². The fourth-order valence-corrected chi connectivity index (χ4v) is 5.31. The highest BCUT2D eigenvalue weighted by atomic mass is 79.9. The van der Waals surface area contributed by atoms with Gasteiger partial charge in [0.05, 0.1) is 11.4 Å². The summed E-state index contributed by atoms with van der Waals surface area (Å²) in [6.07, 6.45) is 0. The maximum Gasteiger partial charge on any atom is 0.0674 e. The number of hydrogen-bond acceptors (Lipinski definition) is 1. The van der Waals surface area contributed by atoms with Gasteiger partial charge in [-0.25, -0.2) is 0 Å². The highest BCUT2D eigenvalue weighted by Crippen LogP contribution is 2.40. The van der Waals surface area contributed by atoms with Gasteiger partial charge in [0.25, 0.3) is 0 Å². The number of halogens is 6. The summed E-state index contributed by atoms with van der Waals surface area (Å²) in [6, 6.07) is 7.99. The van der Waals surface area contributed by atoms with Crippen LogP contribution in [-0.4, -0.2) is 0 Å². The predicted octanol–water partition coefficient (Wildman–Crippen LogP) is 8.01. The number of hydrogen-bond donors (Lipinski definition) is 1. The second-order valence-corrected chi connectivity index (χ2v) is 8.80. The van der Waals surface area contributed by atoms with Crippen molar-refractivity contribution in [2.24, 2.45) is 0 Å². The summed E-state index contributed by atoms with van der Waals surface area (Å²) in [4.78, 5) is 0. The summed E-state index contributed by atoms with van der Waals surface area (Å²) in [5.74, 6) is 0. The van der Waals surface area contributed by atoms with Crippen LogP contribution in [0.4, 0.5) is 11.4 Å². The van der Waals surface area contributed by atoms with Crippen molar-refractivity contribution in [3.05, 3.63) is 51.1 Å². The summed E-state index contributed by atoms with van der Waals surface area (Å²) < 4.78 is 5.91. The van der Waals surface area contributed by atoms with E-state index < -0.39 is 0 Å². The van der Waals surface area contributed by atoms with Gasteiger partial charge in [-0.15, -0.1) is 0 Å². The summed E-state index contributed by atoms with van der Waals surface area (Å²) in [7, 11) is 0. The van der Waals surface area contributed by atoms with Crippen molar-refractivity contribution in [2.45, 2.75) is 0 Å². The lowest BCUT2D eigenvalue weighted by atomic mass is 10.2. The predicted molar refractivity (Wildman–Crippen MR) is 102 cm³/mol. The first kappa shape index (κ1) is 16.5. The monoisotopic (exact) mass is 637 g/mol. The maximum absolute atomic E-state index is 3.55. The summed E-state index contributed by atoms with van der Waals surface area (Å²) in [5.41, 5.74) is 1.94. The Morgan fingerprint density at radius 2 is 1.11 bits per heavy atom. The van der Waals surface area contributed by atoms with Crippen molar-refractivity contribution < 1.29 is 0 Å². The molecule has 0 heterocycles. The van der Waals surface area contributed by atoms with Gasteiger partial charge < -0.3 is 5.32 Å². The SMILES string of the molecule is Brc1cc(Br)c(Nc2cc(Br)c(Br)cc2Br)c(Br)c1. The average Bonchev–Trinajstić information content (AvgIpc) is 2.29. The molecule has 7 heteroatoms. The smallest absolute Gasteiger partial charge is 0.0674 e. The van der Waals surface area contributed by atoms with E-state index in [9.17, 15) is 0 Å². The first-order valence-electron chi connectivity index (χ1n) is 4.94. The molecule has 0 aliphatic heterocycles. The van der Waals surface area contributed by atoms with Gasteiger partial charge in [0.1, 0.15) is 0 Å². The van der Waals surface area contributed by atoms with Crippen LogP contribution in [0.25, 0.3) is 0 Å². The van der Waals surface area contributed by atoms with Crippen molar-refractivity contribution in [2.75, 3.05) is 5.32 Å². The molecule has 0 aliphatic carbocycles. The molecular weight excluding hydrogens is 638 g/mol. The second-order valence-electron chi connectivity index (χ2n) is 3.62. The zero-order valence-electron chi connectivity index (χ0n) is 9.08. The van der Waals surface area contributed by atoms with E-state index in [2.05, 4.69) is 101 Å². The quantitative estimate of drug-likeness (QED) is 0.328. The minimum atomic E-state index is 0.970. The van der Waals surface area contributed by atoms with Crippen molar-refractivity contribution in [1.29, 1.82) is 0 Å². The largest absolute Gasteiger partial charge is 0.353 e. The lowest BCUT2D eigenvalue weighted by Crippen LogP contribution is -1.94. The Hall–Kier alpha value is 1.12. The molecule has 0 atom stereocenters. The van der Waals surface area contributed by atoms with Crippen LogP contribution in [0.15, 0.2) is 51.1 Å². The first-order valence-corrected chi connectivity index (χ1v) is 9.70. The van der Waals surface area contributed by atoms with E-state index in [4.69, 9.17) is 0 Å². The third kappa shape index (κ3) is 4.07. The Morgan fingerprint density at radius 3 is 1.68 bits per heavy atom. The number of rotatable bonds is 2. The first-order chi connectivity index (χ1) is 8.88. The molecule has 19 heavy (non-hydrogen) atoms. The molecule has 100 valence electrons. The van der Waals surface area contributed by atoms with Gasteiger partial charge in [-0.2, -0.15) is 0 Å². The fraction of sp³-hybridized carbons (Fsp3) is 0. The molecule has 0 aromatic heterocycles. The molecule has 0 fully saturated rings. The van der Waals surface area contributed by atoms with Crippen LogP contribution < -0.4 is 5.32 Å². The second kappa shape index (κ2) is 6.92. The Balaban J connectivity index is 2.45. The zero-order chi connectivity index (χ0) is 14.2. The molecule has 0 saturated heterocycles. The molecule has 1 nitrogen and oxygen atoms in total. The maximum atomic E-state index is 3.55. The lowest BCUT2D eigenvalue weighted by molar-refractivity contribution is 1.45. The number of nitrogens with one attached hydrogen (secondary N) is 1. The van der Waals surface area contributed by atoms with Crippen LogP contribution in [-0.2, 0) is 0 Å². The van der Waals surface area contributed by atoms with Gasteiger partial charge in [0.15, 0.2) is 0 Å². The highest BCUT2D eigenvalue weighted by molar-refractivity contribution is 9.13. The summed E-state index contributed by atoms with van der Waals surface area (Å²) in [6.45, 7) is 0. The van der Waals surface area contributed by atoms with Gasteiger partial charge >= 0.3 is 0 Å². The molecule has 0 aliphatic rings. The number of benzene rings is 2. The topological polar surface area (TPSA) is 12.0 Å². The van der Waals surface area contributed by atoms with E-state index in [0.29, 0.717) is 0 Å². The molecule has 0 saturated carbocycles. The third-order valence-electron chi connectivity index (χ3n) is 2.28. The Labute approximate surface area is 161 Å². The molecule has 0 radical (unpaired) electrons. The average molecular weight is 643 g/mol. The molecule has 2 aromatic carbocycles. The molecule has 0 spiro atoms. The van der Waals surface area contributed by atoms with Crippen LogP contribution in [0.1, 0.15) is 0 Å². The van der Waals surface area contributed by atoms with Crippen LogP contribution >= 0.6 is 95.6 Å². The van der Waals surface area contributed by atoms with Crippen molar-refractivity contribution >= 4 is 107 Å².